The molecule has 0 saturated heterocycles. The number of amides is 1. The maximum atomic E-state index is 12.4. The van der Waals surface area contributed by atoms with E-state index in [4.69, 9.17) is 9.94 Å². The number of benzene rings is 1. The molecule has 0 saturated carbocycles. The van der Waals surface area contributed by atoms with E-state index in [0.29, 0.717) is 17.1 Å². The number of nitrogens with one attached hydrogen (secondary N) is 1. The summed E-state index contributed by atoms with van der Waals surface area (Å²) < 4.78 is 17.5. The highest BCUT2D eigenvalue weighted by molar-refractivity contribution is 7.85. The number of methoxy groups -OCH3 is 1. The van der Waals surface area contributed by atoms with Crippen LogP contribution in [-0.4, -0.2) is 27.7 Å². The molecule has 0 heterocycles. The Labute approximate surface area is 115 Å². The van der Waals surface area contributed by atoms with Crippen molar-refractivity contribution in [2.45, 2.75) is 30.4 Å². The van der Waals surface area contributed by atoms with Crippen LogP contribution < -0.4 is 10.2 Å². The molecule has 3 atom stereocenters. The summed E-state index contributed by atoms with van der Waals surface area (Å²) in [5.41, 5.74) is 1.61. The molecule has 1 rings (SSSR count). The second kappa shape index (κ2) is 7.25. The number of ether oxygens (including phenoxy) is 1. The fourth-order valence-electron chi connectivity index (χ4n) is 1.85. The van der Waals surface area contributed by atoms with Gasteiger partial charge in [0.1, 0.15) is 5.75 Å². The zero-order chi connectivity index (χ0) is 14.4. The lowest BCUT2D eigenvalue weighted by Gasteiger charge is -2.20. The van der Waals surface area contributed by atoms with Crippen LogP contribution in [0.15, 0.2) is 29.2 Å². The number of rotatable bonds is 6. The SMILES string of the molecule is CCC(C(C)C(=O)NO)S(=O)c1ccc(OC)cc1. The van der Waals surface area contributed by atoms with Gasteiger partial charge in [-0.05, 0) is 30.7 Å². The van der Waals surface area contributed by atoms with Gasteiger partial charge in [0.25, 0.3) is 0 Å². The molecular formula is C13H19NO4S. The Morgan fingerprint density at radius 3 is 2.42 bits per heavy atom. The van der Waals surface area contributed by atoms with Gasteiger partial charge in [-0.2, -0.15) is 0 Å². The van der Waals surface area contributed by atoms with Gasteiger partial charge >= 0.3 is 0 Å². The standard InChI is InChI=1S/C13H19NO4S/c1-4-12(9(2)13(15)14-16)19(17)11-7-5-10(18-3)6-8-11/h5-9,12,16H,4H2,1-3H3,(H,14,15). The van der Waals surface area contributed by atoms with E-state index in [1.165, 1.54) is 0 Å². The van der Waals surface area contributed by atoms with E-state index in [-0.39, 0.29) is 5.25 Å². The van der Waals surface area contributed by atoms with Crippen molar-refractivity contribution in [1.29, 1.82) is 0 Å². The summed E-state index contributed by atoms with van der Waals surface area (Å²) >= 11 is 0. The molecule has 0 bridgehead atoms. The molecule has 1 amide bonds. The van der Waals surface area contributed by atoms with Crippen LogP contribution in [-0.2, 0) is 15.6 Å². The Bertz CT molecular complexity index is 446. The van der Waals surface area contributed by atoms with E-state index in [1.807, 2.05) is 6.92 Å². The molecule has 0 aliphatic heterocycles. The Morgan fingerprint density at radius 2 is 2.00 bits per heavy atom. The van der Waals surface area contributed by atoms with Crippen molar-refractivity contribution < 1.29 is 18.9 Å². The molecule has 5 nitrogen and oxygen atoms in total. The van der Waals surface area contributed by atoms with Gasteiger partial charge in [-0.15, -0.1) is 0 Å². The second-order valence-corrected chi connectivity index (χ2v) is 5.86. The molecule has 1 aromatic carbocycles. The molecule has 0 fully saturated rings. The summed E-state index contributed by atoms with van der Waals surface area (Å²) in [6, 6.07) is 6.91. The molecule has 3 unspecified atom stereocenters. The van der Waals surface area contributed by atoms with Crippen molar-refractivity contribution in [2.75, 3.05) is 7.11 Å². The highest BCUT2D eigenvalue weighted by Crippen LogP contribution is 2.22. The van der Waals surface area contributed by atoms with Gasteiger partial charge < -0.3 is 4.74 Å². The topological polar surface area (TPSA) is 75.6 Å². The number of hydrogen-bond donors (Lipinski definition) is 2. The highest BCUT2D eigenvalue weighted by Gasteiger charge is 2.28. The summed E-state index contributed by atoms with van der Waals surface area (Å²) in [7, 11) is 0.253. The second-order valence-electron chi connectivity index (χ2n) is 4.18. The Kier molecular flexibility index (Phi) is 5.98. The third kappa shape index (κ3) is 3.78. The van der Waals surface area contributed by atoms with Crippen molar-refractivity contribution in [1.82, 2.24) is 5.48 Å². The molecule has 0 aliphatic carbocycles. The van der Waals surface area contributed by atoms with E-state index in [9.17, 15) is 9.00 Å². The van der Waals surface area contributed by atoms with Crippen molar-refractivity contribution >= 4 is 16.7 Å². The van der Waals surface area contributed by atoms with E-state index in [0.717, 1.165) is 0 Å². The van der Waals surface area contributed by atoms with Crippen LogP contribution in [0.25, 0.3) is 0 Å². The van der Waals surface area contributed by atoms with Crippen LogP contribution >= 0.6 is 0 Å². The molecular weight excluding hydrogens is 266 g/mol. The quantitative estimate of drug-likeness (QED) is 0.616. The van der Waals surface area contributed by atoms with Gasteiger partial charge in [0.05, 0.1) is 29.1 Å². The van der Waals surface area contributed by atoms with Crippen LogP contribution in [0.5, 0.6) is 5.75 Å². The van der Waals surface area contributed by atoms with Gasteiger partial charge in [-0.3, -0.25) is 14.2 Å². The lowest BCUT2D eigenvalue weighted by Crippen LogP contribution is -2.36. The molecule has 1 aromatic rings. The van der Waals surface area contributed by atoms with E-state index < -0.39 is 22.6 Å². The summed E-state index contributed by atoms with van der Waals surface area (Å²) in [4.78, 5) is 12.1. The fraction of sp³-hybridized carbons (Fsp3) is 0.462. The molecule has 19 heavy (non-hydrogen) atoms. The van der Waals surface area contributed by atoms with Crippen molar-refractivity contribution in [3.63, 3.8) is 0 Å². The Balaban J connectivity index is 2.91. The summed E-state index contributed by atoms with van der Waals surface area (Å²) in [6.07, 6.45) is 0.577. The predicted molar refractivity (Wildman–Crippen MR) is 72.6 cm³/mol. The molecule has 0 radical (unpaired) electrons. The zero-order valence-electron chi connectivity index (χ0n) is 11.3. The summed E-state index contributed by atoms with van der Waals surface area (Å²) in [6.45, 7) is 3.52. The highest BCUT2D eigenvalue weighted by atomic mass is 32.2. The maximum Gasteiger partial charge on any atom is 0.247 e. The number of hydroxylamine groups is 1. The minimum absolute atomic E-state index is 0.347. The lowest BCUT2D eigenvalue weighted by molar-refractivity contribution is -0.132. The van der Waals surface area contributed by atoms with Crippen molar-refractivity contribution in [2.24, 2.45) is 5.92 Å². The molecule has 2 N–H and O–H groups in total. The third-order valence-electron chi connectivity index (χ3n) is 3.05. The van der Waals surface area contributed by atoms with Crippen LogP contribution in [0.3, 0.4) is 0 Å². The first-order valence-corrected chi connectivity index (χ1v) is 7.25. The van der Waals surface area contributed by atoms with Gasteiger partial charge in [0, 0.05) is 4.90 Å². The fourth-order valence-corrected chi connectivity index (χ4v) is 3.40. The normalized spacial score (nSPS) is 15.4. The Hall–Kier alpha value is -1.40. The van der Waals surface area contributed by atoms with E-state index >= 15 is 0 Å². The molecule has 0 spiro atoms. The molecule has 6 heteroatoms. The predicted octanol–water partition coefficient (Wildman–Crippen LogP) is 1.72. The largest absolute Gasteiger partial charge is 0.497 e. The summed E-state index contributed by atoms with van der Waals surface area (Å²) in [5.74, 6) is -0.360. The lowest BCUT2D eigenvalue weighted by atomic mass is 10.1. The number of carbonyl (C=O) groups is 1. The number of carbonyl (C=O) groups excluding carboxylic acids is 1. The van der Waals surface area contributed by atoms with Gasteiger partial charge in [0.15, 0.2) is 0 Å². The van der Waals surface area contributed by atoms with Crippen LogP contribution in [0.1, 0.15) is 20.3 Å². The van der Waals surface area contributed by atoms with Gasteiger partial charge in [-0.1, -0.05) is 13.8 Å². The Morgan fingerprint density at radius 1 is 1.42 bits per heavy atom. The van der Waals surface area contributed by atoms with Crippen molar-refractivity contribution in [3.05, 3.63) is 24.3 Å². The average molecular weight is 285 g/mol. The third-order valence-corrected chi connectivity index (χ3v) is 5.08. The monoisotopic (exact) mass is 285 g/mol. The molecule has 0 aliphatic rings. The first-order chi connectivity index (χ1) is 9.04. The zero-order valence-corrected chi connectivity index (χ0v) is 12.1. The minimum Gasteiger partial charge on any atom is -0.497 e. The number of hydrogen-bond acceptors (Lipinski definition) is 4. The summed E-state index contributed by atoms with van der Waals surface area (Å²) in [5, 5.41) is 8.31. The van der Waals surface area contributed by atoms with E-state index in [1.54, 1.807) is 43.8 Å². The first kappa shape index (κ1) is 15.7. The molecule has 0 aromatic heterocycles. The van der Waals surface area contributed by atoms with Crippen LogP contribution in [0.4, 0.5) is 0 Å². The maximum absolute atomic E-state index is 12.4. The molecule has 106 valence electrons. The van der Waals surface area contributed by atoms with Gasteiger partial charge in [-0.25, -0.2) is 5.48 Å². The average Bonchev–Trinajstić information content (AvgIpc) is 2.46. The van der Waals surface area contributed by atoms with Crippen molar-refractivity contribution in [3.8, 4) is 5.75 Å². The first-order valence-electron chi connectivity index (χ1n) is 6.03. The van der Waals surface area contributed by atoms with Crippen LogP contribution in [0, 0.1) is 5.92 Å². The minimum atomic E-state index is -1.31. The van der Waals surface area contributed by atoms with E-state index in [2.05, 4.69) is 0 Å². The van der Waals surface area contributed by atoms with Crippen LogP contribution in [0.2, 0.25) is 0 Å². The smallest absolute Gasteiger partial charge is 0.247 e. The van der Waals surface area contributed by atoms with Gasteiger partial charge in [0.2, 0.25) is 5.91 Å².